The van der Waals surface area contributed by atoms with Gasteiger partial charge in [-0.25, -0.2) is 0 Å². The number of ether oxygens (including phenoxy) is 3. The molecule has 2 aromatic carbocycles. The van der Waals surface area contributed by atoms with Crippen molar-refractivity contribution in [2.24, 2.45) is 4.99 Å². The molecule has 4 rings (SSSR count). The molecule has 0 bridgehead atoms. The maximum absolute atomic E-state index is 12.8. The van der Waals surface area contributed by atoms with E-state index >= 15 is 0 Å². The van der Waals surface area contributed by atoms with Gasteiger partial charge in [-0.1, -0.05) is 29.5 Å². The molecule has 1 amide bonds. The molecule has 7 heteroatoms. The molecule has 1 atom stereocenters. The predicted octanol–water partition coefficient (Wildman–Crippen LogP) is 3.32. The second-order valence-electron chi connectivity index (χ2n) is 6.52. The largest absolute Gasteiger partial charge is 0.485 e. The van der Waals surface area contributed by atoms with Gasteiger partial charge in [0.25, 0.3) is 5.91 Å². The van der Waals surface area contributed by atoms with Crippen LogP contribution in [0.5, 0.6) is 11.5 Å². The minimum absolute atomic E-state index is 0.155. The first-order chi connectivity index (χ1) is 13.7. The summed E-state index contributed by atoms with van der Waals surface area (Å²) in [5.41, 5.74) is 2.22. The first kappa shape index (κ1) is 18.7. The molecule has 28 heavy (non-hydrogen) atoms. The van der Waals surface area contributed by atoms with Crippen LogP contribution < -0.4 is 14.3 Å². The lowest BCUT2D eigenvalue weighted by molar-refractivity contribution is -0.127. The number of thiazole rings is 1. The Hall–Kier alpha value is -2.64. The molecule has 3 aromatic rings. The van der Waals surface area contributed by atoms with Crippen LogP contribution in [0.25, 0.3) is 10.2 Å². The number of aromatic nitrogens is 1. The molecule has 0 aliphatic carbocycles. The number of amides is 1. The highest BCUT2D eigenvalue weighted by Crippen LogP contribution is 2.31. The summed E-state index contributed by atoms with van der Waals surface area (Å²) in [7, 11) is 0. The number of carbonyl (C=O) groups is 1. The van der Waals surface area contributed by atoms with Gasteiger partial charge in [0.05, 0.1) is 16.8 Å². The maximum atomic E-state index is 12.8. The summed E-state index contributed by atoms with van der Waals surface area (Å²) in [6.45, 7) is 6.02. The van der Waals surface area contributed by atoms with E-state index in [4.69, 9.17) is 14.2 Å². The van der Waals surface area contributed by atoms with E-state index in [1.807, 2.05) is 29.7 Å². The Bertz CT molecular complexity index is 1070. The molecule has 1 aliphatic heterocycles. The quantitative estimate of drug-likeness (QED) is 0.619. The molecule has 0 saturated heterocycles. The highest BCUT2D eigenvalue weighted by Gasteiger charge is 2.27. The summed E-state index contributed by atoms with van der Waals surface area (Å²) in [6.07, 6.45) is -0.748. The summed E-state index contributed by atoms with van der Waals surface area (Å²) >= 11 is 1.50. The zero-order valence-corrected chi connectivity index (χ0v) is 16.7. The van der Waals surface area contributed by atoms with Crippen molar-refractivity contribution in [1.29, 1.82) is 0 Å². The van der Waals surface area contributed by atoms with Crippen molar-refractivity contribution in [1.82, 2.24) is 4.57 Å². The van der Waals surface area contributed by atoms with Crippen molar-refractivity contribution in [3.05, 3.63) is 52.8 Å². The van der Waals surface area contributed by atoms with Crippen LogP contribution in [0, 0.1) is 6.92 Å². The van der Waals surface area contributed by atoms with Crippen LogP contribution in [0.15, 0.2) is 47.5 Å². The van der Waals surface area contributed by atoms with E-state index in [-0.39, 0.29) is 12.5 Å². The van der Waals surface area contributed by atoms with Crippen molar-refractivity contribution in [3.8, 4) is 11.5 Å². The van der Waals surface area contributed by atoms with Crippen LogP contribution in [-0.2, 0) is 16.1 Å². The van der Waals surface area contributed by atoms with Crippen LogP contribution in [-0.4, -0.2) is 36.4 Å². The molecule has 1 unspecified atom stereocenters. The second-order valence-corrected chi connectivity index (χ2v) is 7.53. The molecule has 2 heterocycles. The lowest BCUT2D eigenvalue weighted by Gasteiger charge is -2.23. The third-order valence-electron chi connectivity index (χ3n) is 4.49. The van der Waals surface area contributed by atoms with Gasteiger partial charge in [0.15, 0.2) is 16.3 Å². The van der Waals surface area contributed by atoms with Gasteiger partial charge < -0.3 is 18.8 Å². The average molecular weight is 398 g/mol. The monoisotopic (exact) mass is 398 g/mol. The van der Waals surface area contributed by atoms with Gasteiger partial charge in [0.1, 0.15) is 6.61 Å². The standard InChI is InChI=1S/C21H22N2O4S/c1-3-25-11-10-23-15-9-8-14(2)12-19(15)28-21(23)22-20(24)18-13-26-16-6-4-5-7-17(16)27-18/h4-9,12,18H,3,10-11,13H2,1-2H3. The molecule has 0 radical (unpaired) electrons. The Morgan fingerprint density at radius 2 is 2.11 bits per heavy atom. The SMILES string of the molecule is CCOCCn1c(=NC(=O)C2COc3ccccc3O2)sc2cc(C)ccc21. The van der Waals surface area contributed by atoms with Crippen molar-refractivity contribution in [2.75, 3.05) is 19.8 Å². The highest BCUT2D eigenvalue weighted by atomic mass is 32.1. The molecular weight excluding hydrogens is 376 g/mol. The zero-order chi connectivity index (χ0) is 19.5. The fourth-order valence-electron chi connectivity index (χ4n) is 3.09. The van der Waals surface area contributed by atoms with Crippen molar-refractivity contribution < 1.29 is 19.0 Å². The third kappa shape index (κ3) is 3.81. The Kier molecular flexibility index (Phi) is 5.45. The fraction of sp³-hybridized carbons (Fsp3) is 0.333. The Balaban J connectivity index is 1.66. The number of nitrogens with zero attached hydrogens (tertiary/aromatic N) is 2. The zero-order valence-electron chi connectivity index (χ0n) is 15.9. The fourth-order valence-corrected chi connectivity index (χ4v) is 4.25. The van der Waals surface area contributed by atoms with Gasteiger partial charge in [0, 0.05) is 13.2 Å². The van der Waals surface area contributed by atoms with Crippen LogP contribution in [0.4, 0.5) is 0 Å². The second kappa shape index (κ2) is 8.16. The van der Waals surface area contributed by atoms with E-state index in [0.29, 0.717) is 36.1 Å². The molecule has 0 fully saturated rings. The smallest absolute Gasteiger partial charge is 0.292 e. The lowest BCUT2D eigenvalue weighted by atomic mass is 10.2. The molecule has 146 valence electrons. The average Bonchev–Trinajstić information content (AvgIpc) is 3.04. The van der Waals surface area contributed by atoms with Crippen LogP contribution in [0.3, 0.4) is 0 Å². The topological polar surface area (TPSA) is 62.1 Å². The summed E-state index contributed by atoms with van der Waals surface area (Å²) < 4.78 is 20.1. The van der Waals surface area contributed by atoms with Crippen molar-refractivity contribution in [3.63, 3.8) is 0 Å². The summed E-state index contributed by atoms with van der Waals surface area (Å²) in [5, 5.41) is 0. The maximum Gasteiger partial charge on any atom is 0.292 e. The van der Waals surface area contributed by atoms with E-state index in [0.717, 1.165) is 10.2 Å². The molecular formula is C21H22N2O4S. The Morgan fingerprint density at radius 1 is 1.29 bits per heavy atom. The lowest BCUT2D eigenvalue weighted by Crippen LogP contribution is -2.37. The number of para-hydroxylation sites is 2. The first-order valence-corrected chi connectivity index (χ1v) is 10.1. The van der Waals surface area contributed by atoms with Crippen LogP contribution in [0.1, 0.15) is 12.5 Å². The van der Waals surface area contributed by atoms with E-state index < -0.39 is 6.10 Å². The summed E-state index contributed by atoms with van der Waals surface area (Å²) in [5.74, 6) is 0.872. The van der Waals surface area contributed by atoms with Gasteiger partial charge in [-0.15, -0.1) is 0 Å². The Morgan fingerprint density at radius 3 is 2.93 bits per heavy atom. The van der Waals surface area contributed by atoms with Crippen LogP contribution in [0.2, 0.25) is 0 Å². The van der Waals surface area contributed by atoms with E-state index in [1.54, 1.807) is 6.07 Å². The molecule has 1 aliphatic rings. The number of rotatable bonds is 5. The van der Waals surface area contributed by atoms with Crippen LogP contribution >= 0.6 is 11.3 Å². The minimum Gasteiger partial charge on any atom is -0.485 e. The van der Waals surface area contributed by atoms with Gasteiger partial charge in [-0.2, -0.15) is 4.99 Å². The van der Waals surface area contributed by atoms with E-state index in [1.165, 1.54) is 16.9 Å². The molecule has 0 N–H and O–H groups in total. The molecule has 0 saturated carbocycles. The van der Waals surface area contributed by atoms with E-state index in [9.17, 15) is 4.79 Å². The van der Waals surface area contributed by atoms with Gasteiger partial charge in [-0.3, -0.25) is 4.79 Å². The van der Waals surface area contributed by atoms with Gasteiger partial charge in [0.2, 0.25) is 6.10 Å². The first-order valence-electron chi connectivity index (χ1n) is 9.30. The molecule has 1 aromatic heterocycles. The molecule has 6 nitrogen and oxygen atoms in total. The third-order valence-corrected chi connectivity index (χ3v) is 5.53. The predicted molar refractivity (Wildman–Crippen MR) is 108 cm³/mol. The summed E-state index contributed by atoms with van der Waals surface area (Å²) in [6, 6.07) is 13.6. The Labute approximate surface area is 167 Å². The number of benzene rings is 2. The van der Waals surface area contributed by atoms with Gasteiger partial charge >= 0.3 is 0 Å². The number of hydrogen-bond acceptors (Lipinski definition) is 5. The minimum atomic E-state index is -0.748. The normalized spacial score (nSPS) is 16.5. The summed E-state index contributed by atoms with van der Waals surface area (Å²) in [4.78, 5) is 17.8. The molecule has 0 spiro atoms. The number of fused-ring (bicyclic) bond motifs is 2. The number of carbonyl (C=O) groups excluding carboxylic acids is 1. The highest BCUT2D eigenvalue weighted by molar-refractivity contribution is 7.16. The van der Waals surface area contributed by atoms with Crippen molar-refractivity contribution >= 4 is 27.5 Å². The van der Waals surface area contributed by atoms with E-state index in [2.05, 4.69) is 30.1 Å². The van der Waals surface area contributed by atoms with Gasteiger partial charge in [-0.05, 0) is 43.7 Å². The van der Waals surface area contributed by atoms with Crippen molar-refractivity contribution in [2.45, 2.75) is 26.5 Å². The number of hydrogen-bond donors (Lipinski definition) is 0. The number of aryl methyl sites for hydroxylation is 1.